The first-order chi connectivity index (χ1) is 12.2. The minimum Gasteiger partial charge on any atom is -0.494 e. The molecule has 0 aromatic heterocycles. The Labute approximate surface area is 151 Å². The van der Waals surface area contributed by atoms with E-state index in [1.54, 1.807) is 0 Å². The maximum absolute atomic E-state index is 13.9. The second kappa shape index (κ2) is 10.4. The number of halogens is 2. The molecule has 1 nitrogen and oxygen atoms in total. The smallest absolute Gasteiger partial charge is 0.201 e. The minimum atomic E-state index is -0.957. The molecule has 0 saturated heterocycles. The maximum Gasteiger partial charge on any atom is 0.201 e. The van der Waals surface area contributed by atoms with Gasteiger partial charge in [0.05, 0.1) is 12.7 Å². The van der Waals surface area contributed by atoms with Gasteiger partial charge in [-0.25, -0.2) is 4.39 Å². The highest BCUT2D eigenvalue weighted by atomic mass is 19.2. The summed E-state index contributed by atoms with van der Waals surface area (Å²) in [4.78, 5) is 0. The van der Waals surface area contributed by atoms with Gasteiger partial charge in [-0.1, -0.05) is 57.3 Å². The molecule has 0 bridgehead atoms. The molecule has 0 spiro atoms. The summed E-state index contributed by atoms with van der Waals surface area (Å²) in [5.41, 5.74) is 0.122. The summed E-state index contributed by atoms with van der Waals surface area (Å²) < 4.78 is 32.4. The average Bonchev–Trinajstić information content (AvgIpc) is 2.64. The van der Waals surface area contributed by atoms with Gasteiger partial charge in [-0.05, 0) is 43.7 Å². The van der Waals surface area contributed by atoms with Crippen molar-refractivity contribution >= 4 is 0 Å². The molecule has 0 aliphatic heterocycles. The SMILES string of the molecule is CCCCCCC[C@H]1CC[C@H](C#Cc2ccc(OC)c(F)c2F)CC1. The summed E-state index contributed by atoms with van der Waals surface area (Å²) in [5.74, 6) is 5.17. The van der Waals surface area contributed by atoms with Crippen molar-refractivity contribution in [3.63, 3.8) is 0 Å². The van der Waals surface area contributed by atoms with Crippen molar-refractivity contribution < 1.29 is 13.5 Å². The van der Waals surface area contributed by atoms with E-state index in [-0.39, 0.29) is 11.3 Å². The van der Waals surface area contributed by atoms with Crippen LogP contribution in [0.3, 0.4) is 0 Å². The van der Waals surface area contributed by atoms with Crippen molar-refractivity contribution in [2.24, 2.45) is 11.8 Å². The molecule has 0 amide bonds. The molecule has 1 aromatic rings. The standard InChI is InChI=1S/C22H30F2O/c1-3-4-5-6-7-8-17-9-11-18(12-10-17)13-14-19-15-16-20(25-2)22(24)21(19)23/h15-18H,3-12H2,1-2H3/t17-,18-. The number of hydrogen-bond donors (Lipinski definition) is 0. The lowest BCUT2D eigenvalue weighted by Gasteiger charge is -2.25. The summed E-state index contributed by atoms with van der Waals surface area (Å²) >= 11 is 0. The predicted molar refractivity (Wildman–Crippen MR) is 98.6 cm³/mol. The van der Waals surface area contributed by atoms with E-state index in [1.165, 1.54) is 70.6 Å². The molecule has 0 atom stereocenters. The molecule has 1 aliphatic carbocycles. The van der Waals surface area contributed by atoms with E-state index < -0.39 is 11.6 Å². The van der Waals surface area contributed by atoms with Crippen LogP contribution in [0.25, 0.3) is 0 Å². The van der Waals surface area contributed by atoms with Crippen molar-refractivity contribution in [3.05, 3.63) is 29.3 Å². The highest BCUT2D eigenvalue weighted by Crippen LogP contribution is 2.32. The van der Waals surface area contributed by atoms with Crippen molar-refractivity contribution in [1.82, 2.24) is 0 Å². The van der Waals surface area contributed by atoms with Crippen molar-refractivity contribution in [2.75, 3.05) is 7.11 Å². The van der Waals surface area contributed by atoms with Gasteiger partial charge in [0, 0.05) is 5.92 Å². The molecular weight excluding hydrogens is 318 g/mol. The lowest BCUT2D eigenvalue weighted by molar-refractivity contribution is 0.294. The first-order valence-corrected chi connectivity index (χ1v) is 9.69. The van der Waals surface area contributed by atoms with Crippen LogP contribution in [0.2, 0.25) is 0 Å². The first-order valence-electron chi connectivity index (χ1n) is 9.69. The van der Waals surface area contributed by atoms with Gasteiger partial charge in [0.2, 0.25) is 5.82 Å². The summed E-state index contributed by atoms with van der Waals surface area (Å²) in [6, 6.07) is 2.92. The predicted octanol–water partition coefficient (Wildman–Crippen LogP) is 6.49. The van der Waals surface area contributed by atoms with Gasteiger partial charge in [-0.3, -0.25) is 0 Å². The Hall–Kier alpha value is -1.56. The lowest BCUT2D eigenvalue weighted by Crippen LogP contribution is -2.13. The molecule has 1 aromatic carbocycles. The van der Waals surface area contributed by atoms with Crippen molar-refractivity contribution in [1.29, 1.82) is 0 Å². The van der Waals surface area contributed by atoms with Gasteiger partial charge in [0.15, 0.2) is 11.6 Å². The Kier molecular flexibility index (Phi) is 8.25. The second-order valence-corrected chi connectivity index (χ2v) is 7.13. The van der Waals surface area contributed by atoms with E-state index in [4.69, 9.17) is 4.74 Å². The summed E-state index contributed by atoms with van der Waals surface area (Å²) in [6.45, 7) is 2.24. The molecule has 0 N–H and O–H groups in total. The quantitative estimate of drug-likeness (QED) is 0.404. The van der Waals surface area contributed by atoms with Crippen LogP contribution in [0, 0.1) is 35.3 Å². The van der Waals surface area contributed by atoms with E-state index in [0.717, 1.165) is 18.8 Å². The highest BCUT2D eigenvalue weighted by Gasteiger charge is 2.19. The van der Waals surface area contributed by atoms with E-state index >= 15 is 0 Å². The molecular formula is C22H30F2O. The van der Waals surface area contributed by atoms with Crippen LogP contribution < -0.4 is 4.74 Å². The number of unbranched alkanes of at least 4 members (excludes halogenated alkanes) is 4. The van der Waals surface area contributed by atoms with Crippen molar-refractivity contribution in [2.45, 2.75) is 71.1 Å². The zero-order valence-electron chi connectivity index (χ0n) is 15.5. The number of benzene rings is 1. The molecule has 2 rings (SSSR count). The minimum absolute atomic E-state index is 0.0810. The number of ether oxygens (including phenoxy) is 1. The lowest BCUT2D eigenvalue weighted by atomic mass is 9.80. The zero-order chi connectivity index (χ0) is 18.1. The van der Waals surface area contributed by atoms with Crippen LogP contribution >= 0.6 is 0 Å². The van der Waals surface area contributed by atoms with E-state index in [1.807, 2.05) is 0 Å². The number of hydrogen-bond acceptors (Lipinski definition) is 1. The topological polar surface area (TPSA) is 9.23 Å². The largest absolute Gasteiger partial charge is 0.494 e. The molecule has 0 unspecified atom stereocenters. The van der Waals surface area contributed by atoms with Crippen LogP contribution in [0.1, 0.15) is 76.7 Å². The van der Waals surface area contributed by atoms with Crippen molar-refractivity contribution in [3.8, 4) is 17.6 Å². The number of methoxy groups -OCH3 is 1. The van der Waals surface area contributed by atoms with E-state index in [2.05, 4.69) is 18.8 Å². The molecule has 1 aliphatic rings. The molecule has 1 saturated carbocycles. The monoisotopic (exact) mass is 348 g/mol. The molecule has 25 heavy (non-hydrogen) atoms. The summed E-state index contributed by atoms with van der Waals surface area (Å²) in [5, 5.41) is 0. The third-order valence-electron chi connectivity index (χ3n) is 5.24. The maximum atomic E-state index is 13.9. The van der Waals surface area contributed by atoms with Gasteiger partial charge in [0.25, 0.3) is 0 Å². The Bertz CT molecular complexity index is 592. The molecule has 0 heterocycles. The third-order valence-corrected chi connectivity index (χ3v) is 5.24. The Balaban J connectivity index is 1.79. The third kappa shape index (κ3) is 6.03. The Morgan fingerprint density at radius 3 is 2.40 bits per heavy atom. The Morgan fingerprint density at radius 2 is 1.72 bits per heavy atom. The Morgan fingerprint density at radius 1 is 1.00 bits per heavy atom. The normalized spacial score (nSPS) is 20.0. The van der Waals surface area contributed by atoms with Crippen LogP contribution in [-0.4, -0.2) is 7.11 Å². The fraction of sp³-hybridized carbons (Fsp3) is 0.636. The zero-order valence-corrected chi connectivity index (χ0v) is 15.5. The summed E-state index contributed by atoms with van der Waals surface area (Å²) in [6.07, 6.45) is 12.6. The van der Waals surface area contributed by atoms with Crippen LogP contribution in [0.15, 0.2) is 12.1 Å². The van der Waals surface area contributed by atoms with E-state index in [9.17, 15) is 8.78 Å². The number of rotatable bonds is 7. The average molecular weight is 348 g/mol. The molecule has 0 radical (unpaired) electrons. The van der Waals surface area contributed by atoms with Gasteiger partial charge in [0.1, 0.15) is 0 Å². The summed E-state index contributed by atoms with van der Waals surface area (Å²) in [7, 11) is 1.32. The van der Waals surface area contributed by atoms with Crippen LogP contribution in [-0.2, 0) is 0 Å². The molecule has 3 heteroatoms. The van der Waals surface area contributed by atoms with Gasteiger partial charge < -0.3 is 4.74 Å². The van der Waals surface area contributed by atoms with E-state index in [0.29, 0.717) is 5.92 Å². The highest BCUT2D eigenvalue weighted by molar-refractivity contribution is 5.41. The van der Waals surface area contributed by atoms with Gasteiger partial charge >= 0.3 is 0 Å². The fourth-order valence-corrected chi connectivity index (χ4v) is 3.60. The fourth-order valence-electron chi connectivity index (χ4n) is 3.60. The molecule has 1 fully saturated rings. The van der Waals surface area contributed by atoms with Gasteiger partial charge in [-0.2, -0.15) is 4.39 Å². The van der Waals surface area contributed by atoms with Crippen LogP contribution in [0.5, 0.6) is 5.75 Å². The van der Waals surface area contributed by atoms with Crippen LogP contribution in [0.4, 0.5) is 8.78 Å². The molecule has 138 valence electrons. The first kappa shape index (κ1) is 19.8. The second-order valence-electron chi connectivity index (χ2n) is 7.13. The van der Waals surface area contributed by atoms with Gasteiger partial charge in [-0.15, -0.1) is 0 Å².